The molecule has 0 aliphatic carbocycles. The number of hydrogen-bond acceptors (Lipinski definition) is 3. The fourth-order valence-corrected chi connectivity index (χ4v) is 2.68. The van der Waals surface area contributed by atoms with Crippen LogP contribution in [0.3, 0.4) is 0 Å². The molecule has 0 aliphatic rings. The molecule has 1 N–H and O–H groups in total. The van der Waals surface area contributed by atoms with Gasteiger partial charge in [0.05, 0.1) is 5.41 Å². The van der Waals surface area contributed by atoms with E-state index >= 15 is 0 Å². The number of hydrogen-bond donors (Lipinski definition) is 1. The summed E-state index contributed by atoms with van der Waals surface area (Å²) in [6.07, 6.45) is 2.51. The summed E-state index contributed by atoms with van der Waals surface area (Å²) in [4.78, 5) is 16.3. The summed E-state index contributed by atoms with van der Waals surface area (Å²) in [5.41, 5.74) is -0.578. The second-order valence-corrected chi connectivity index (χ2v) is 5.54. The van der Waals surface area contributed by atoms with Crippen molar-refractivity contribution in [3.8, 4) is 0 Å². The summed E-state index contributed by atoms with van der Waals surface area (Å²) in [5, 5.41) is 9.52. The molecule has 0 unspecified atom stereocenters. The predicted molar refractivity (Wildman–Crippen MR) is 85.2 cm³/mol. The molecule has 0 saturated carbocycles. The minimum atomic E-state index is -0.648. The minimum Gasteiger partial charge on any atom is -0.481 e. The first-order valence-electron chi connectivity index (χ1n) is 8.17. The molecule has 0 spiro atoms. The standard InChI is InChI=1S/C16H34N2O2/c1-6-16(7-2,15(19)20)14-18(10-5)13-11-12-17(8-3)9-4/h6-14H2,1-5H3,(H,19,20). The molecule has 0 amide bonds. The van der Waals surface area contributed by atoms with Gasteiger partial charge in [0.25, 0.3) is 0 Å². The Labute approximate surface area is 125 Å². The zero-order chi connectivity index (χ0) is 15.6. The monoisotopic (exact) mass is 286 g/mol. The zero-order valence-electron chi connectivity index (χ0n) is 14.1. The Morgan fingerprint density at radius 3 is 1.70 bits per heavy atom. The minimum absolute atomic E-state index is 0.578. The van der Waals surface area contributed by atoms with Gasteiger partial charge in [-0.25, -0.2) is 0 Å². The molecule has 0 aromatic carbocycles. The Bertz CT molecular complexity index is 261. The van der Waals surface area contributed by atoms with Crippen LogP contribution in [0.2, 0.25) is 0 Å². The van der Waals surface area contributed by atoms with Gasteiger partial charge in [-0.15, -0.1) is 0 Å². The largest absolute Gasteiger partial charge is 0.481 e. The van der Waals surface area contributed by atoms with Crippen LogP contribution in [-0.4, -0.2) is 60.1 Å². The van der Waals surface area contributed by atoms with Gasteiger partial charge in [-0.2, -0.15) is 0 Å². The Balaban J connectivity index is 4.42. The molecule has 4 nitrogen and oxygen atoms in total. The molecular formula is C16H34N2O2. The Hall–Kier alpha value is -0.610. The lowest BCUT2D eigenvalue weighted by atomic mass is 9.82. The van der Waals surface area contributed by atoms with Crippen molar-refractivity contribution in [2.45, 2.75) is 53.9 Å². The van der Waals surface area contributed by atoms with Gasteiger partial charge in [0, 0.05) is 6.54 Å². The highest BCUT2D eigenvalue weighted by atomic mass is 16.4. The van der Waals surface area contributed by atoms with E-state index in [1.165, 1.54) is 0 Å². The van der Waals surface area contributed by atoms with Gasteiger partial charge in [0.1, 0.15) is 0 Å². The van der Waals surface area contributed by atoms with Gasteiger partial charge in [0.2, 0.25) is 0 Å². The molecular weight excluding hydrogens is 252 g/mol. The Morgan fingerprint density at radius 1 is 0.900 bits per heavy atom. The van der Waals surface area contributed by atoms with E-state index in [4.69, 9.17) is 0 Å². The first kappa shape index (κ1) is 19.4. The van der Waals surface area contributed by atoms with Crippen LogP contribution >= 0.6 is 0 Å². The first-order valence-corrected chi connectivity index (χ1v) is 8.17. The van der Waals surface area contributed by atoms with Gasteiger partial charge in [-0.05, 0) is 52.0 Å². The zero-order valence-corrected chi connectivity index (χ0v) is 14.1. The third kappa shape index (κ3) is 5.80. The number of aliphatic carboxylic acids is 1. The molecule has 0 heterocycles. The second-order valence-electron chi connectivity index (χ2n) is 5.54. The SMILES string of the molecule is CCN(CC)CCCN(CC)CC(CC)(CC)C(=O)O. The highest BCUT2D eigenvalue weighted by Gasteiger charge is 2.36. The predicted octanol–water partition coefficient (Wildman–Crippen LogP) is 2.93. The molecule has 0 aliphatic heterocycles. The highest BCUT2D eigenvalue weighted by Crippen LogP contribution is 2.28. The molecule has 0 fully saturated rings. The summed E-state index contributed by atoms with van der Waals surface area (Å²) in [5.74, 6) is -0.648. The Kier molecular flexibility index (Phi) is 9.86. The topological polar surface area (TPSA) is 43.8 Å². The van der Waals surface area contributed by atoms with Crippen LogP contribution in [0.15, 0.2) is 0 Å². The van der Waals surface area contributed by atoms with E-state index in [0.29, 0.717) is 19.4 Å². The lowest BCUT2D eigenvalue weighted by molar-refractivity contribution is -0.150. The van der Waals surface area contributed by atoms with Crippen LogP contribution < -0.4 is 0 Å². The van der Waals surface area contributed by atoms with Crippen molar-refractivity contribution < 1.29 is 9.90 Å². The van der Waals surface area contributed by atoms with E-state index in [-0.39, 0.29) is 0 Å². The van der Waals surface area contributed by atoms with Crippen LogP contribution in [0, 0.1) is 5.41 Å². The molecule has 0 saturated heterocycles. The van der Waals surface area contributed by atoms with Crippen LogP contribution in [0.1, 0.15) is 53.9 Å². The van der Waals surface area contributed by atoms with E-state index in [1.807, 2.05) is 13.8 Å². The maximum atomic E-state index is 11.6. The lowest BCUT2D eigenvalue weighted by Crippen LogP contribution is -2.43. The van der Waals surface area contributed by atoms with E-state index in [0.717, 1.165) is 39.1 Å². The fourth-order valence-electron chi connectivity index (χ4n) is 2.68. The summed E-state index contributed by atoms with van der Waals surface area (Å²) < 4.78 is 0. The van der Waals surface area contributed by atoms with Crippen molar-refractivity contribution >= 4 is 5.97 Å². The van der Waals surface area contributed by atoms with E-state index in [1.54, 1.807) is 0 Å². The smallest absolute Gasteiger partial charge is 0.310 e. The number of carboxylic acids is 1. The Morgan fingerprint density at radius 2 is 1.35 bits per heavy atom. The van der Waals surface area contributed by atoms with Crippen molar-refractivity contribution in [3.63, 3.8) is 0 Å². The third-order valence-electron chi connectivity index (χ3n) is 4.62. The molecule has 0 rings (SSSR count). The lowest BCUT2D eigenvalue weighted by Gasteiger charge is -2.33. The van der Waals surface area contributed by atoms with Gasteiger partial charge in [-0.1, -0.05) is 34.6 Å². The average Bonchev–Trinajstić information content (AvgIpc) is 2.47. The van der Waals surface area contributed by atoms with Crippen molar-refractivity contribution in [1.29, 1.82) is 0 Å². The normalized spacial score (nSPS) is 12.3. The number of carbonyl (C=O) groups is 1. The molecule has 0 aromatic rings. The molecule has 4 heteroatoms. The number of rotatable bonds is 12. The number of nitrogens with zero attached hydrogens (tertiary/aromatic N) is 2. The van der Waals surface area contributed by atoms with Gasteiger partial charge in [0.15, 0.2) is 0 Å². The van der Waals surface area contributed by atoms with E-state index < -0.39 is 11.4 Å². The fraction of sp³-hybridized carbons (Fsp3) is 0.938. The molecule has 0 aromatic heterocycles. The van der Waals surface area contributed by atoms with Crippen molar-refractivity contribution in [1.82, 2.24) is 9.80 Å². The molecule has 120 valence electrons. The van der Waals surface area contributed by atoms with Gasteiger partial charge < -0.3 is 14.9 Å². The van der Waals surface area contributed by atoms with Crippen LogP contribution in [0.5, 0.6) is 0 Å². The van der Waals surface area contributed by atoms with Crippen molar-refractivity contribution in [2.24, 2.45) is 5.41 Å². The third-order valence-corrected chi connectivity index (χ3v) is 4.62. The molecule has 0 atom stereocenters. The van der Waals surface area contributed by atoms with Crippen LogP contribution in [-0.2, 0) is 4.79 Å². The average molecular weight is 286 g/mol. The maximum absolute atomic E-state index is 11.6. The van der Waals surface area contributed by atoms with Crippen molar-refractivity contribution in [3.05, 3.63) is 0 Å². The number of carboxylic acid groups (broad SMARTS) is 1. The second kappa shape index (κ2) is 10.2. The summed E-state index contributed by atoms with van der Waals surface area (Å²) in [6, 6.07) is 0. The molecule has 0 radical (unpaired) electrons. The molecule has 20 heavy (non-hydrogen) atoms. The van der Waals surface area contributed by atoms with Gasteiger partial charge >= 0.3 is 5.97 Å². The maximum Gasteiger partial charge on any atom is 0.310 e. The highest BCUT2D eigenvalue weighted by molar-refractivity contribution is 5.74. The van der Waals surface area contributed by atoms with Crippen LogP contribution in [0.25, 0.3) is 0 Å². The van der Waals surface area contributed by atoms with E-state index in [2.05, 4.69) is 30.6 Å². The summed E-state index contributed by atoms with van der Waals surface area (Å²) >= 11 is 0. The van der Waals surface area contributed by atoms with Crippen LogP contribution in [0.4, 0.5) is 0 Å². The summed E-state index contributed by atoms with van der Waals surface area (Å²) in [6.45, 7) is 16.3. The quantitative estimate of drug-likeness (QED) is 0.599. The van der Waals surface area contributed by atoms with Gasteiger partial charge in [-0.3, -0.25) is 4.79 Å². The van der Waals surface area contributed by atoms with E-state index in [9.17, 15) is 9.90 Å². The summed E-state index contributed by atoms with van der Waals surface area (Å²) in [7, 11) is 0. The first-order chi connectivity index (χ1) is 9.49. The van der Waals surface area contributed by atoms with Crippen molar-refractivity contribution in [2.75, 3.05) is 39.3 Å². The molecule has 0 bridgehead atoms.